The number of benzene rings is 2. The highest BCUT2D eigenvalue weighted by atomic mass is 16.9. The second-order valence-electron chi connectivity index (χ2n) is 4.72. The molecule has 0 unspecified atom stereocenters. The number of rotatable bonds is 7. The van der Waals surface area contributed by atoms with Gasteiger partial charge in [0.05, 0.1) is 6.42 Å². The molecule has 0 aliphatic heterocycles. The number of aromatic carboxylic acids is 1. The van der Waals surface area contributed by atoms with Crippen molar-refractivity contribution in [3.8, 4) is 5.75 Å². The summed E-state index contributed by atoms with van der Waals surface area (Å²) in [6, 6.07) is 12.3. The number of para-hydroxylation sites is 1. The minimum Gasteiger partial charge on any atom is -0.478 e. The fraction of sp³-hybridized carbons (Fsp3) is 0.125. The highest BCUT2D eigenvalue weighted by molar-refractivity contribution is 5.92. The quantitative estimate of drug-likeness (QED) is 0.358. The number of carboxylic acid groups (broad SMARTS) is 1. The molecule has 0 atom stereocenters. The highest BCUT2D eigenvalue weighted by Crippen LogP contribution is 2.19. The van der Waals surface area contributed by atoms with E-state index in [1.807, 2.05) is 0 Å². The molecule has 2 rings (SSSR count). The number of carbonyl (C=O) groups excluding carboxylic acids is 1. The predicted octanol–water partition coefficient (Wildman–Crippen LogP) is 2.24. The SMILES string of the molecule is O=C(Cc1ccccc1CO[N+](=O)[O-])Oc1ccccc1C(=O)O. The lowest BCUT2D eigenvalue weighted by Gasteiger charge is -2.10. The third-order valence-corrected chi connectivity index (χ3v) is 3.12. The lowest BCUT2D eigenvalue weighted by atomic mass is 10.1. The summed E-state index contributed by atoms with van der Waals surface area (Å²) in [6.07, 6.45) is -0.175. The van der Waals surface area contributed by atoms with Gasteiger partial charge in [-0.25, -0.2) is 4.79 Å². The molecule has 0 saturated carbocycles. The first-order chi connectivity index (χ1) is 11.5. The Labute approximate surface area is 136 Å². The fourth-order valence-electron chi connectivity index (χ4n) is 2.04. The number of ether oxygens (including phenoxy) is 1. The van der Waals surface area contributed by atoms with Crippen molar-refractivity contribution in [2.45, 2.75) is 13.0 Å². The number of nitrogens with zero attached hydrogens (tertiary/aromatic N) is 1. The van der Waals surface area contributed by atoms with E-state index in [0.717, 1.165) is 0 Å². The standard InChI is InChI=1S/C16H13NO7/c18-15(24-14-8-4-3-7-13(14)16(19)20)9-11-5-1-2-6-12(11)10-23-17(21)22/h1-8H,9-10H2,(H,19,20). The monoisotopic (exact) mass is 331 g/mol. The Kier molecular flexibility index (Phi) is 5.45. The van der Waals surface area contributed by atoms with Gasteiger partial charge in [-0.2, -0.15) is 0 Å². The lowest BCUT2D eigenvalue weighted by Crippen LogP contribution is -2.15. The molecule has 8 heteroatoms. The lowest BCUT2D eigenvalue weighted by molar-refractivity contribution is -0.763. The molecule has 1 N–H and O–H groups in total. The van der Waals surface area contributed by atoms with Gasteiger partial charge in [0.2, 0.25) is 0 Å². The molecule has 124 valence electrons. The zero-order valence-electron chi connectivity index (χ0n) is 12.4. The van der Waals surface area contributed by atoms with Crippen LogP contribution in [0, 0.1) is 10.1 Å². The number of hydrogen-bond donors (Lipinski definition) is 1. The van der Waals surface area contributed by atoms with Crippen LogP contribution >= 0.6 is 0 Å². The minimum absolute atomic E-state index is 0.0611. The first kappa shape index (κ1) is 16.9. The summed E-state index contributed by atoms with van der Waals surface area (Å²) >= 11 is 0. The van der Waals surface area contributed by atoms with Crippen molar-refractivity contribution in [1.82, 2.24) is 0 Å². The third-order valence-electron chi connectivity index (χ3n) is 3.12. The second kappa shape index (κ2) is 7.73. The predicted molar refractivity (Wildman–Crippen MR) is 81.0 cm³/mol. The molecular weight excluding hydrogens is 318 g/mol. The van der Waals surface area contributed by atoms with Gasteiger partial charge < -0.3 is 14.7 Å². The summed E-state index contributed by atoms with van der Waals surface area (Å²) < 4.78 is 5.10. The van der Waals surface area contributed by atoms with E-state index in [-0.39, 0.29) is 24.3 Å². The Balaban J connectivity index is 2.11. The minimum atomic E-state index is -1.21. The van der Waals surface area contributed by atoms with Gasteiger partial charge in [0, 0.05) is 0 Å². The molecule has 8 nitrogen and oxygen atoms in total. The molecule has 0 aromatic heterocycles. The van der Waals surface area contributed by atoms with Crippen LogP contribution in [0.4, 0.5) is 0 Å². The molecule has 0 amide bonds. The van der Waals surface area contributed by atoms with E-state index in [1.165, 1.54) is 18.2 Å². The largest absolute Gasteiger partial charge is 0.478 e. The van der Waals surface area contributed by atoms with E-state index in [0.29, 0.717) is 11.1 Å². The topological polar surface area (TPSA) is 116 Å². The van der Waals surface area contributed by atoms with Crippen molar-refractivity contribution in [3.63, 3.8) is 0 Å². The molecule has 2 aromatic rings. The van der Waals surface area contributed by atoms with E-state index in [2.05, 4.69) is 4.84 Å². The number of carboxylic acids is 1. The molecule has 24 heavy (non-hydrogen) atoms. The van der Waals surface area contributed by atoms with Gasteiger partial charge in [0.1, 0.15) is 17.9 Å². The smallest absolute Gasteiger partial charge is 0.339 e. The van der Waals surface area contributed by atoms with Gasteiger partial charge in [-0.3, -0.25) is 4.79 Å². The van der Waals surface area contributed by atoms with E-state index in [4.69, 9.17) is 9.84 Å². The third kappa shape index (κ3) is 4.54. The molecule has 2 aromatic carbocycles. The Morgan fingerprint density at radius 1 is 1.04 bits per heavy atom. The molecule has 0 heterocycles. The molecule has 0 fully saturated rings. The Hall–Kier alpha value is -3.42. The second-order valence-corrected chi connectivity index (χ2v) is 4.72. The Morgan fingerprint density at radius 2 is 1.67 bits per heavy atom. The van der Waals surface area contributed by atoms with Crippen molar-refractivity contribution in [3.05, 3.63) is 75.3 Å². The van der Waals surface area contributed by atoms with Crippen LogP contribution in [0.2, 0.25) is 0 Å². The van der Waals surface area contributed by atoms with Crippen molar-refractivity contribution < 1.29 is 29.4 Å². The van der Waals surface area contributed by atoms with Crippen LogP contribution in [0.1, 0.15) is 21.5 Å². The fourth-order valence-corrected chi connectivity index (χ4v) is 2.04. The van der Waals surface area contributed by atoms with E-state index in [1.54, 1.807) is 30.3 Å². The van der Waals surface area contributed by atoms with Crippen LogP contribution in [0.25, 0.3) is 0 Å². The van der Waals surface area contributed by atoms with Gasteiger partial charge in [-0.15, -0.1) is 10.1 Å². The first-order valence-electron chi connectivity index (χ1n) is 6.84. The Morgan fingerprint density at radius 3 is 2.33 bits per heavy atom. The zero-order valence-corrected chi connectivity index (χ0v) is 12.4. The molecule has 0 aliphatic carbocycles. The summed E-state index contributed by atoms with van der Waals surface area (Å²) in [5, 5.41) is 18.4. The molecule has 0 aliphatic rings. The average Bonchev–Trinajstić information content (AvgIpc) is 2.54. The van der Waals surface area contributed by atoms with Crippen molar-refractivity contribution >= 4 is 11.9 Å². The van der Waals surface area contributed by atoms with E-state index < -0.39 is 17.0 Å². The highest BCUT2D eigenvalue weighted by Gasteiger charge is 2.15. The van der Waals surface area contributed by atoms with E-state index in [9.17, 15) is 19.7 Å². The van der Waals surface area contributed by atoms with Crippen LogP contribution in [0.5, 0.6) is 5.75 Å². The molecule has 0 radical (unpaired) electrons. The summed E-state index contributed by atoms with van der Waals surface area (Å²) in [6.45, 7) is -0.290. The van der Waals surface area contributed by atoms with Gasteiger partial charge in [-0.1, -0.05) is 36.4 Å². The maximum absolute atomic E-state index is 12.1. The van der Waals surface area contributed by atoms with Crippen LogP contribution in [0.15, 0.2) is 48.5 Å². The number of carbonyl (C=O) groups is 2. The number of esters is 1. The van der Waals surface area contributed by atoms with Crippen LogP contribution in [-0.4, -0.2) is 22.1 Å². The summed E-state index contributed by atoms with van der Waals surface area (Å²) in [7, 11) is 0. The molecular formula is C16H13NO7. The van der Waals surface area contributed by atoms with Crippen LogP contribution in [0.3, 0.4) is 0 Å². The van der Waals surface area contributed by atoms with Gasteiger partial charge >= 0.3 is 11.9 Å². The zero-order chi connectivity index (χ0) is 17.5. The van der Waals surface area contributed by atoms with Gasteiger partial charge in [0.25, 0.3) is 5.09 Å². The molecule has 0 spiro atoms. The normalized spacial score (nSPS) is 10.0. The maximum Gasteiger partial charge on any atom is 0.339 e. The Bertz CT molecular complexity index is 773. The average molecular weight is 331 g/mol. The summed E-state index contributed by atoms with van der Waals surface area (Å²) in [5.74, 6) is -1.95. The summed E-state index contributed by atoms with van der Waals surface area (Å²) in [5.41, 5.74) is 0.839. The van der Waals surface area contributed by atoms with Gasteiger partial charge in [0.15, 0.2) is 0 Å². The van der Waals surface area contributed by atoms with Crippen LogP contribution in [-0.2, 0) is 22.7 Å². The molecule has 0 saturated heterocycles. The van der Waals surface area contributed by atoms with Crippen molar-refractivity contribution in [1.29, 1.82) is 0 Å². The van der Waals surface area contributed by atoms with Gasteiger partial charge in [-0.05, 0) is 23.3 Å². The van der Waals surface area contributed by atoms with Crippen LogP contribution < -0.4 is 4.74 Å². The van der Waals surface area contributed by atoms with Crippen molar-refractivity contribution in [2.24, 2.45) is 0 Å². The summed E-state index contributed by atoms with van der Waals surface area (Å²) in [4.78, 5) is 37.7. The van der Waals surface area contributed by atoms with Crippen molar-refractivity contribution in [2.75, 3.05) is 0 Å². The maximum atomic E-state index is 12.1. The van der Waals surface area contributed by atoms with E-state index >= 15 is 0 Å². The number of hydrogen-bond acceptors (Lipinski definition) is 6. The first-order valence-corrected chi connectivity index (χ1v) is 6.84. The molecule has 0 bridgehead atoms.